The van der Waals surface area contributed by atoms with Gasteiger partial charge in [-0.15, -0.1) is 0 Å². The van der Waals surface area contributed by atoms with Gasteiger partial charge in [-0.1, -0.05) is 0 Å². The smallest absolute Gasteiger partial charge is 0.326 e. The number of hydrogen-bond donors (Lipinski definition) is 6. The third-order valence-electron chi connectivity index (χ3n) is 2.06. The predicted octanol–water partition coefficient (Wildman–Crippen LogP) is -2.95. The molecule has 0 aliphatic carbocycles. The summed E-state index contributed by atoms with van der Waals surface area (Å²) in [5.41, 5.74) is 0. The van der Waals surface area contributed by atoms with E-state index in [1.165, 1.54) is 0 Å². The fraction of sp³-hybridized carbons (Fsp3) is 0.857. The Kier molecular flexibility index (Phi) is 6.27. The van der Waals surface area contributed by atoms with Gasteiger partial charge in [0.15, 0.2) is 6.29 Å². The standard InChI is InChI=1S/C7H15O8P/c8-1-5(10)4(3-16(13,14)15)7(12)6(11)2-9/h2,4-8,10-12H,1,3H2,(H2,13,14,15)/t4-,5-,6+,7+/m1/s1. The molecule has 0 aliphatic heterocycles. The number of carbonyl (C=O) groups is 1. The summed E-state index contributed by atoms with van der Waals surface area (Å²) in [5, 5.41) is 36.2. The highest BCUT2D eigenvalue weighted by molar-refractivity contribution is 7.51. The van der Waals surface area contributed by atoms with Crippen molar-refractivity contribution in [3.63, 3.8) is 0 Å². The van der Waals surface area contributed by atoms with E-state index in [1.807, 2.05) is 0 Å². The first-order valence-electron chi connectivity index (χ1n) is 4.38. The maximum atomic E-state index is 10.7. The molecule has 0 rings (SSSR count). The summed E-state index contributed by atoms with van der Waals surface area (Å²) in [5.74, 6) is -1.49. The molecule has 0 aromatic carbocycles. The van der Waals surface area contributed by atoms with E-state index in [9.17, 15) is 19.6 Å². The number of carbonyl (C=O) groups excluding carboxylic acids is 1. The lowest BCUT2D eigenvalue weighted by molar-refractivity contribution is -0.125. The second kappa shape index (κ2) is 6.41. The van der Waals surface area contributed by atoms with Gasteiger partial charge in [0, 0.05) is 5.92 Å². The van der Waals surface area contributed by atoms with Crippen molar-refractivity contribution in [2.75, 3.05) is 12.8 Å². The van der Waals surface area contributed by atoms with Crippen molar-refractivity contribution >= 4 is 13.9 Å². The molecule has 0 aliphatic rings. The summed E-state index contributed by atoms with van der Waals surface area (Å²) >= 11 is 0. The van der Waals surface area contributed by atoms with Crippen molar-refractivity contribution in [1.82, 2.24) is 0 Å². The Hall–Kier alpha value is -0.340. The topological polar surface area (TPSA) is 156 Å². The maximum Gasteiger partial charge on any atom is 0.326 e. The first-order chi connectivity index (χ1) is 7.22. The lowest BCUT2D eigenvalue weighted by Crippen LogP contribution is -2.43. The second-order valence-corrected chi connectivity index (χ2v) is 5.07. The Morgan fingerprint density at radius 1 is 1.19 bits per heavy atom. The van der Waals surface area contributed by atoms with Crippen LogP contribution < -0.4 is 0 Å². The molecule has 0 spiro atoms. The average Bonchev–Trinajstić information content (AvgIpc) is 2.21. The fourth-order valence-corrected chi connectivity index (χ4v) is 2.21. The van der Waals surface area contributed by atoms with Crippen LogP contribution in [0.15, 0.2) is 0 Å². The van der Waals surface area contributed by atoms with Crippen LogP contribution in [-0.2, 0) is 9.36 Å². The van der Waals surface area contributed by atoms with Gasteiger partial charge < -0.3 is 35.0 Å². The minimum Gasteiger partial charge on any atom is -0.394 e. The predicted molar refractivity (Wildman–Crippen MR) is 51.6 cm³/mol. The Morgan fingerprint density at radius 3 is 2.00 bits per heavy atom. The van der Waals surface area contributed by atoms with Gasteiger partial charge in [-0.3, -0.25) is 4.57 Å². The maximum absolute atomic E-state index is 10.7. The van der Waals surface area contributed by atoms with Gasteiger partial charge in [0.05, 0.1) is 25.0 Å². The molecule has 4 atom stereocenters. The lowest BCUT2D eigenvalue weighted by atomic mass is 9.95. The average molecular weight is 258 g/mol. The van der Waals surface area contributed by atoms with Gasteiger partial charge in [0.2, 0.25) is 0 Å². The summed E-state index contributed by atoms with van der Waals surface area (Å²) in [6.07, 6.45) is -6.34. The van der Waals surface area contributed by atoms with Crippen LogP contribution in [0.2, 0.25) is 0 Å². The van der Waals surface area contributed by atoms with E-state index in [0.717, 1.165) is 0 Å². The summed E-state index contributed by atoms with van der Waals surface area (Å²) in [4.78, 5) is 27.5. The Bertz CT molecular complexity index is 263. The quantitative estimate of drug-likeness (QED) is 0.209. The number of rotatable bonds is 7. The van der Waals surface area contributed by atoms with Crippen molar-refractivity contribution in [3.8, 4) is 0 Å². The largest absolute Gasteiger partial charge is 0.394 e. The molecule has 6 N–H and O–H groups in total. The van der Waals surface area contributed by atoms with Crippen molar-refractivity contribution in [1.29, 1.82) is 0 Å². The summed E-state index contributed by atoms with van der Waals surface area (Å²) in [7, 11) is -4.55. The SMILES string of the molecule is O=C[C@H](O)[C@@H](O)[C@H](CP(=O)(O)O)[C@H](O)CO. The van der Waals surface area contributed by atoms with Crippen LogP contribution in [0.1, 0.15) is 0 Å². The van der Waals surface area contributed by atoms with E-state index < -0.39 is 44.6 Å². The van der Waals surface area contributed by atoms with E-state index in [-0.39, 0.29) is 6.29 Å². The minimum atomic E-state index is -4.55. The molecule has 96 valence electrons. The van der Waals surface area contributed by atoms with Crippen LogP contribution in [0, 0.1) is 5.92 Å². The molecule has 8 nitrogen and oxygen atoms in total. The van der Waals surface area contributed by atoms with Gasteiger partial charge >= 0.3 is 7.60 Å². The van der Waals surface area contributed by atoms with E-state index in [1.54, 1.807) is 0 Å². The molecule has 0 unspecified atom stereocenters. The van der Waals surface area contributed by atoms with Gasteiger partial charge in [-0.2, -0.15) is 0 Å². The van der Waals surface area contributed by atoms with Crippen LogP contribution in [-0.4, -0.2) is 67.6 Å². The van der Waals surface area contributed by atoms with Crippen molar-refractivity contribution in [2.45, 2.75) is 18.3 Å². The summed E-state index contributed by atoms with van der Waals surface area (Å²) < 4.78 is 10.7. The second-order valence-electron chi connectivity index (χ2n) is 3.38. The third kappa shape index (κ3) is 5.13. The number of aldehydes is 1. The number of aliphatic hydroxyl groups excluding tert-OH is 4. The lowest BCUT2D eigenvalue weighted by Gasteiger charge is -2.27. The van der Waals surface area contributed by atoms with Crippen molar-refractivity contribution < 1.29 is 39.6 Å². The molecule has 0 saturated carbocycles. The van der Waals surface area contributed by atoms with Crippen LogP contribution in [0.3, 0.4) is 0 Å². The van der Waals surface area contributed by atoms with Crippen LogP contribution in [0.25, 0.3) is 0 Å². The van der Waals surface area contributed by atoms with Crippen molar-refractivity contribution in [3.05, 3.63) is 0 Å². The Labute approximate surface area is 91.3 Å². The normalized spacial score (nSPS) is 19.9. The summed E-state index contributed by atoms with van der Waals surface area (Å²) in [6, 6.07) is 0. The fourth-order valence-electron chi connectivity index (χ4n) is 1.20. The molecule has 9 heteroatoms. The molecule has 0 bridgehead atoms. The van der Waals surface area contributed by atoms with Crippen LogP contribution >= 0.6 is 7.60 Å². The van der Waals surface area contributed by atoms with Crippen molar-refractivity contribution in [2.24, 2.45) is 5.92 Å². The van der Waals surface area contributed by atoms with E-state index in [2.05, 4.69) is 0 Å². The molecule has 0 amide bonds. The molecule has 16 heavy (non-hydrogen) atoms. The highest BCUT2D eigenvalue weighted by atomic mass is 31.2. The summed E-state index contributed by atoms with van der Waals surface area (Å²) in [6.45, 7) is -0.854. The Morgan fingerprint density at radius 2 is 1.69 bits per heavy atom. The molecule has 0 aromatic rings. The first-order valence-corrected chi connectivity index (χ1v) is 6.17. The molecule has 0 heterocycles. The van der Waals surface area contributed by atoms with E-state index in [4.69, 9.17) is 20.0 Å². The van der Waals surface area contributed by atoms with Gasteiger partial charge in [0.1, 0.15) is 6.10 Å². The van der Waals surface area contributed by atoms with Gasteiger partial charge in [-0.05, 0) is 0 Å². The molecule has 0 fully saturated rings. The molecular weight excluding hydrogens is 243 g/mol. The Balaban J connectivity index is 4.79. The van der Waals surface area contributed by atoms with Gasteiger partial charge in [0.25, 0.3) is 0 Å². The molecule has 0 radical (unpaired) electrons. The zero-order valence-electron chi connectivity index (χ0n) is 8.25. The third-order valence-corrected chi connectivity index (χ3v) is 2.96. The van der Waals surface area contributed by atoms with Crippen LogP contribution in [0.5, 0.6) is 0 Å². The number of aliphatic hydroxyl groups is 4. The highest BCUT2D eigenvalue weighted by Crippen LogP contribution is 2.39. The van der Waals surface area contributed by atoms with Gasteiger partial charge in [-0.25, -0.2) is 0 Å². The zero-order chi connectivity index (χ0) is 12.9. The molecule has 0 saturated heterocycles. The monoisotopic (exact) mass is 258 g/mol. The molecule has 0 aromatic heterocycles. The molecular formula is C7H15O8P. The number of hydrogen-bond acceptors (Lipinski definition) is 6. The van der Waals surface area contributed by atoms with E-state index >= 15 is 0 Å². The first kappa shape index (κ1) is 15.7. The highest BCUT2D eigenvalue weighted by Gasteiger charge is 2.36. The van der Waals surface area contributed by atoms with E-state index in [0.29, 0.717) is 0 Å². The minimum absolute atomic E-state index is 0.0264. The zero-order valence-corrected chi connectivity index (χ0v) is 9.14. The van der Waals surface area contributed by atoms with Crippen LogP contribution in [0.4, 0.5) is 0 Å².